The predicted octanol–water partition coefficient (Wildman–Crippen LogP) is 1.98. The van der Waals surface area contributed by atoms with Crippen molar-refractivity contribution in [3.05, 3.63) is 0 Å². The van der Waals surface area contributed by atoms with Gasteiger partial charge in [-0.3, -0.25) is 0 Å². The smallest absolute Gasteiger partial charge is 0.332 e. The quantitative estimate of drug-likeness (QED) is 0.731. The van der Waals surface area contributed by atoms with Crippen LogP contribution in [0, 0.1) is 17.8 Å². The summed E-state index contributed by atoms with van der Waals surface area (Å²) >= 11 is 0. The summed E-state index contributed by atoms with van der Waals surface area (Å²) < 4.78 is 5.30. The van der Waals surface area contributed by atoms with Crippen molar-refractivity contribution in [2.75, 3.05) is 6.61 Å². The Morgan fingerprint density at radius 2 is 2.13 bits per heavy atom. The van der Waals surface area contributed by atoms with Gasteiger partial charge in [0, 0.05) is 0 Å². The van der Waals surface area contributed by atoms with E-state index in [-0.39, 0.29) is 6.10 Å². The lowest BCUT2D eigenvalue weighted by Crippen LogP contribution is -2.36. The molecule has 0 aromatic carbocycles. The number of carbonyl (C=O) groups excluding carboxylic acids is 1. The van der Waals surface area contributed by atoms with E-state index in [9.17, 15) is 4.79 Å². The topological polar surface area (TPSA) is 46.5 Å². The summed E-state index contributed by atoms with van der Waals surface area (Å²) in [5.74, 6) is 1.13. The monoisotopic (exact) mass is 214 g/mol. The number of ether oxygens (including phenoxy) is 1. The van der Waals surface area contributed by atoms with Gasteiger partial charge in [-0.25, -0.2) is 4.79 Å². The number of carbonyl (C=O) groups is 1. The van der Waals surface area contributed by atoms with Gasteiger partial charge >= 0.3 is 5.97 Å². The number of rotatable bonds is 3. The second kappa shape index (κ2) is 5.50. The van der Waals surface area contributed by atoms with Crippen LogP contribution in [0.5, 0.6) is 0 Å². The van der Waals surface area contributed by atoms with Gasteiger partial charge in [0.2, 0.25) is 0 Å². The van der Waals surface area contributed by atoms with E-state index in [0.717, 1.165) is 12.8 Å². The molecule has 1 N–H and O–H groups in total. The molecule has 0 aliphatic heterocycles. The average molecular weight is 214 g/mol. The van der Waals surface area contributed by atoms with Crippen molar-refractivity contribution in [2.24, 2.45) is 17.8 Å². The zero-order valence-corrected chi connectivity index (χ0v) is 9.90. The van der Waals surface area contributed by atoms with Crippen LogP contribution in [-0.4, -0.2) is 23.8 Å². The molecule has 1 aliphatic carbocycles. The van der Waals surface area contributed by atoms with Crippen LogP contribution in [0.15, 0.2) is 0 Å². The number of aliphatic hydroxyl groups is 1. The van der Waals surface area contributed by atoms with E-state index in [1.165, 1.54) is 6.42 Å². The SMILES string of the molecule is CC(C)[C@H]1CC[C@@H](C)C[C@H]1OC(=O)CO. The van der Waals surface area contributed by atoms with Gasteiger partial charge in [0.15, 0.2) is 0 Å². The molecule has 3 heteroatoms. The van der Waals surface area contributed by atoms with Crippen LogP contribution in [0.2, 0.25) is 0 Å². The van der Waals surface area contributed by atoms with Crippen molar-refractivity contribution >= 4 is 5.97 Å². The predicted molar refractivity (Wildman–Crippen MR) is 58.3 cm³/mol. The summed E-state index contributed by atoms with van der Waals surface area (Å²) in [6, 6.07) is 0. The minimum atomic E-state index is -0.504. The van der Waals surface area contributed by atoms with E-state index in [4.69, 9.17) is 9.84 Å². The molecule has 3 nitrogen and oxygen atoms in total. The van der Waals surface area contributed by atoms with Gasteiger partial charge < -0.3 is 9.84 Å². The summed E-state index contributed by atoms with van der Waals surface area (Å²) in [6.07, 6.45) is 3.29. The Balaban J connectivity index is 2.57. The summed E-state index contributed by atoms with van der Waals surface area (Å²) in [5, 5.41) is 8.68. The maximum atomic E-state index is 11.1. The molecule has 1 rings (SSSR count). The molecule has 0 radical (unpaired) electrons. The first-order valence-corrected chi connectivity index (χ1v) is 5.85. The molecule has 1 fully saturated rings. The van der Waals surface area contributed by atoms with Crippen LogP contribution in [0.4, 0.5) is 0 Å². The lowest BCUT2D eigenvalue weighted by Gasteiger charge is -2.36. The second-order valence-electron chi connectivity index (χ2n) is 5.01. The molecule has 0 aromatic heterocycles. The number of hydrogen-bond donors (Lipinski definition) is 1. The molecule has 0 saturated heterocycles. The van der Waals surface area contributed by atoms with Gasteiger partial charge in [-0.1, -0.05) is 27.2 Å². The minimum absolute atomic E-state index is 0.00778. The Morgan fingerprint density at radius 3 is 2.67 bits per heavy atom. The molecule has 0 aromatic rings. The van der Waals surface area contributed by atoms with Gasteiger partial charge in [0.1, 0.15) is 12.7 Å². The van der Waals surface area contributed by atoms with Gasteiger partial charge in [-0.05, 0) is 30.6 Å². The summed E-state index contributed by atoms with van der Waals surface area (Å²) in [5.41, 5.74) is 0. The molecule has 0 amide bonds. The summed E-state index contributed by atoms with van der Waals surface area (Å²) in [4.78, 5) is 11.1. The first-order valence-electron chi connectivity index (χ1n) is 5.85. The molecule has 0 bridgehead atoms. The molecule has 0 spiro atoms. The van der Waals surface area contributed by atoms with Crippen molar-refractivity contribution in [2.45, 2.75) is 46.1 Å². The van der Waals surface area contributed by atoms with Gasteiger partial charge in [0.05, 0.1) is 0 Å². The van der Waals surface area contributed by atoms with Crippen LogP contribution in [0.1, 0.15) is 40.0 Å². The summed E-state index contributed by atoms with van der Waals surface area (Å²) in [7, 11) is 0. The Bertz CT molecular complexity index is 213. The zero-order valence-electron chi connectivity index (χ0n) is 9.90. The second-order valence-corrected chi connectivity index (χ2v) is 5.01. The molecule has 0 unspecified atom stereocenters. The number of hydrogen-bond acceptors (Lipinski definition) is 3. The van der Waals surface area contributed by atoms with Gasteiger partial charge in [-0.2, -0.15) is 0 Å². The van der Waals surface area contributed by atoms with E-state index in [0.29, 0.717) is 17.8 Å². The third-order valence-corrected chi connectivity index (χ3v) is 3.37. The van der Waals surface area contributed by atoms with Crippen LogP contribution >= 0.6 is 0 Å². The van der Waals surface area contributed by atoms with Crippen LogP contribution in [0.25, 0.3) is 0 Å². The molecule has 1 aliphatic rings. The fourth-order valence-corrected chi connectivity index (χ4v) is 2.46. The highest BCUT2D eigenvalue weighted by Crippen LogP contribution is 2.35. The third kappa shape index (κ3) is 3.49. The average Bonchev–Trinajstić information content (AvgIpc) is 2.17. The van der Waals surface area contributed by atoms with Crippen LogP contribution < -0.4 is 0 Å². The Hall–Kier alpha value is -0.570. The zero-order chi connectivity index (χ0) is 11.4. The Labute approximate surface area is 91.8 Å². The fraction of sp³-hybridized carbons (Fsp3) is 0.917. The molecule has 88 valence electrons. The molecular weight excluding hydrogens is 192 g/mol. The highest BCUT2D eigenvalue weighted by Gasteiger charge is 2.33. The van der Waals surface area contributed by atoms with E-state index in [1.807, 2.05) is 0 Å². The van der Waals surface area contributed by atoms with E-state index in [1.54, 1.807) is 0 Å². The number of aliphatic hydroxyl groups excluding tert-OH is 1. The normalized spacial score (nSPS) is 31.7. The lowest BCUT2D eigenvalue weighted by molar-refractivity contribution is -0.159. The van der Waals surface area contributed by atoms with E-state index >= 15 is 0 Å². The molecule has 3 atom stereocenters. The van der Waals surface area contributed by atoms with Gasteiger partial charge in [0.25, 0.3) is 0 Å². The molecule has 1 saturated carbocycles. The minimum Gasteiger partial charge on any atom is -0.460 e. The van der Waals surface area contributed by atoms with Crippen LogP contribution in [0.3, 0.4) is 0 Å². The molecule has 0 heterocycles. The highest BCUT2D eigenvalue weighted by molar-refractivity contribution is 5.70. The van der Waals surface area contributed by atoms with E-state index < -0.39 is 12.6 Å². The summed E-state index contributed by atoms with van der Waals surface area (Å²) in [6.45, 7) is 6.02. The maximum absolute atomic E-state index is 11.1. The maximum Gasteiger partial charge on any atom is 0.332 e. The molecule has 15 heavy (non-hydrogen) atoms. The van der Waals surface area contributed by atoms with Crippen molar-refractivity contribution in [1.82, 2.24) is 0 Å². The Kier molecular flexibility index (Phi) is 4.58. The fourth-order valence-electron chi connectivity index (χ4n) is 2.46. The standard InChI is InChI=1S/C12H22O3/c1-8(2)10-5-4-9(3)6-11(10)15-12(14)7-13/h8-11,13H,4-7H2,1-3H3/t9-,10-,11-/m1/s1. The van der Waals surface area contributed by atoms with Crippen molar-refractivity contribution in [1.29, 1.82) is 0 Å². The highest BCUT2D eigenvalue weighted by atomic mass is 16.6. The van der Waals surface area contributed by atoms with Crippen LogP contribution in [-0.2, 0) is 9.53 Å². The first kappa shape index (κ1) is 12.5. The number of esters is 1. The van der Waals surface area contributed by atoms with E-state index in [2.05, 4.69) is 20.8 Å². The van der Waals surface area contributed by atoms with Crippen molar-refractivity contribution < 1.29 is 14.6 Å². The van der Waals surface area contributed by atoms with Crippen molar-refractivity contribution in [3.8, 4) is 0 Å². The van der Waals surface area contributed by atoms with Gasteiger partial charge in [-0.15, -0.1) is 0 Å². The molecular formula is C12H22O3. The first-order chi connectivity index (χ1) is 7.04. The Morgan fingerprint density at radius 1 is 1.47 bits per heavy atom. The van der Waals surface area contributed by atoms with Crippen molar-refractivity contribution in [3.63, 3.8) is 0 Å². The third-order valence-electron chi connectivity index (χ3n) is 3.37. The largest absolute Gasteiger partial charge is 0.460 e. The lowest BCUT2D eigenvalue weighted by atomic mass is 9.75.